The van der Waals surface area contributed by atoms with Crippen molar-refractivity contribution >= 4 is 0 Å². The van der Waals surface area contributed by atoms with Gasteiger partial charge in [-0.3, -0.25) is 5.11 Å². The van der Waals surface area contributed by atoms with Crippen LogP contribution in [-0.4, -0.2) is 0 Å². The summed E-state index contributed by atoms with van der Waals surface area (Å²) in [7, 11) is 0. The topological polar surface area (TPSA) is 19.9 Å². The van der Waals surface area contributed by atoms with Gasteiger partial charge in [0.25, 0.3) is 0 Å². The van der Waals surface area contributed by atoms with Crippen LogP contribution in [0.15, 0.2) is 24.5 Å². The lowest BCUT2D eigenvalue weighted by Crippen LogP contribution is -1.77. The third kappa shape index (κ3) is 11.3. The third-order valence-electron chi connectivity index (χ3n) is 2.05. The largest absolute Gasteiger partial charge is 0.299 e. The highest BCUT2D eigenvalue weighted by Crippen LogP contribution is 2.06. The number of allylic oxidation sites excluding steroid dienone is 3. The molecule has 1 radical (unpaired) electrons. The lowest BCUT2D eigenvalue weighted by molar-refractivity contribution is 0.352. The number of rotatable bonds is 8. The van der Waals surface area contributed by atoms with Crippen LogP contribution in [0.1, 0.15) is 51.9 Å². The molecule has 1 heteroatoms. The first-order valence-electron chi connectivity index (χ1n) is 5.35. The fourth-order valence-corrected chi connectivity index (χ4v) is 1.26. The van der Waals surface area contributed by atoms with Crippen molar-refractivity contribution < 1.29 is 5.11 Å². The molecule has 0 fully saturated rings. The van der Waals surface area contributed by atoms with Gasteiger partial charge in [-0.2, -0.15) is 0 Å². The third-order valence-corrected chi connectivity index (χ3v) is 2.05. The van der Waals surface area contributed by atoms with E-state index >= 15 is 0 Å². The Morgan fingerprint density at radius 1 is 0.923 bits per heavy atom. The van der Waals surface area contributed by atoms with E-state index < -0.39 is 0 Å². The van der Waals surface area contributed by atoms with Gasteiger partial charge < -0.3 is 0 Å². The summed E-state index contributed by atoms with van der Waals surface area (Å²) in [5.41, 5.74) is 0. The highest BCUT2D eigenvalue weighted by atomic mass is 16.2. The van der Waals surface area contributed by atoms with E-state index in [1.54, 1.807) is 0 Å². The van der Waals surface area contributed by atoms with E-state index in [1.807, 2.05) is 6.08 Å². The molecule has 13 heavy (non-hydrogen) atoms. The maximum absolute atomic E-state index is 9.91. The number of unbranched alkanes of at least 4 members (excludes halogenated alkanes) is 6. The zero-order chi connectivity index (χ0) is 9.78. The highest BCUT2D eigenvalue weighted by Gasteiger charge is 1.87. The van der Waals surface area contributed by atoms with Gasteiger partial charge in [0, 0.05) is 0 Å². The summed E-state index contributed by atoms with van der Waals surface area (Å²) in [5, 5.41) is 9.91. The molecule has 0 saturated carbocycles. The molecule has 0 N–H and O–H groups in total. The van der Waals surface area contributed by atoms with Crippen molar-refractivity contribution in [3.05, 3.63) is 24.5 Å². The smallest absolute Gasteiger partial charge is 0.142 e. The number of hydrogen-bond donors (Lipinski definition) is 0. The van der Waals surface area contributed by atoms with Crippen LogP contribution in [0, 0.1) is 0 Å². The predicted octanol–water partition coefficient (Wildman–Crippen LogP) is 4.24. The maximum atomic E-state index is 9.91. The van der Waals surface area contributed by atoms with Gasteiger partial charge in [0.05, 0.1) is 0 Å². The Balaban J connectivity index is 2.99. The molecule has 0 saturated heterocycles. The van der Waals surface area contributed by atoms with E-state index in [4.69, 9.17) is 0 Å². The van der Waals surface area contributed by atoms with Crippen LogP contribution in [0.4, 0.5) is 0 Å². The summed E-state index contributed by atoms with van der Waals surface area (Å²) >= 11 is 0. The van der Waals surface area contributed by atoms with Gasteiger partial charge >= 0.3 is 0 Å². The molecule has 0 unspecified atom stereocenters. The monoisotopic (exact) mass is 181 g/mol. The van der Waals surface area contributed by atoms with E-state index in [2.05, 4.69) is 13.0 Å². The van der Waals surface area contributed by atoms with Gasteiger partial charge in [0.2, 0.25) is 0 Å². The summed E-state index contributed by atoms with van der Waals surface area (Å²) in [6.07, 6.45) is 15.4. The summed E-state index contributed by atoms with van der Waals surface area (Å²) in [4.78, 5) is 0. The molecule has 0 bridgehead atoms. The first-order chi connectivity index (χ1) is 6.41. The summed E-state index contributed by atoms with van der Waals surface area (Å²) in [6.45, 7) is 2.23. The molecular formula is C12H21O. The van der Waals surface area contributed by atoms with Gasteiger partial charge in [0.1, 0.15) is 6.26 Å². The van der Waals surface area contributed by atoms with Crippen molar-refractivity contribution in [2.24, 2.45) is 0 Å². The number of hydrogen-bond acceptors (Lipinski definition) is 0. The van der Waals surface area contributed by atoms with Crippen molar-refractivity contribution in [2.75, 3.05) is 0 Å². The zero-order valence-electron chi connectivity index (χ0n) is 8.67. The molecule has 0 aromatic heterocycles. The Morgan fingerprint density at radius 2 is 1.62 bits per heavy atom. The SMILES string of the molecule is CCCCCCCC/C=C/C=C/[O]. The minimum atomic E-state index is 0.817. The van der Waals surface area contributed by atoms with Crippen LogP contribution in [0.25, 0.3) is 0 Å². The molecule has 0 aromatic carbocycles. The summed E-state index contributed by atoms with van der Waals surface area (Å²) in [5.74, 6) is 0. The van der Waals surface area contributed by atoms with Crippen LogP contribution < -0.4 is 0 Å². The maximum Gasteiger partial charge on any atom is 0.142 e. The Morgan fingerprint density at radius 3 is 2.31 bits per heavy atom. The van der Waals surface area contributed by atoms with Crippen molar-refractivity contribution in [3.63, 3.8) is 0 Å². The summed E-state index contributed by atoms with van der Waals surface area (Å²) < 4.78 is 0. The van der Waals surface area contributed by atoms with E-state index in [0.717, 1.165) is 12.7 Å². The van der Waals surface area contributed by atoms with Gasteiger partial charge in [-0.1, -0.05) is 51.2 Å². The predicted molar refractivity (Wildman–Crippen MR) is 57.0 cm³/mol. The highest BCUT2D eigenvalue weighted by molar-refractivity contribution is 4.98. The molecule has 0 aromatic rings. The molecule has 0 aliphatic heterocycles. The van der Waals surface area contributed by atoms with E-state index in [1.165, 1.54) is 44.6 Å². The van der Waals surface area contributed by atoms with Crippen LogP contribution in [-0.2, 0) is 5.11 Å². The van der Waals surface area contributed by atoms with Crippen molar-refractivity contribution in [1.82, 2.24) is 0 Å². The van der Waals surface area contributed by atoms with Gasteiger partial charge in [-0.15, -0.1) is 0 Å². The Labute approximate surface area is 82.2 Å². The Kier molecular flexibility index (Phi) is 10.7. The average molecular weight is 181 g/mol. The first kappa shape index (κ1) is 12.3. The lowest BCUT2D eigenvalue weighted by Gasteiger charge is -1.96. The first-order valence-corrected chi connectivity index (χ1v) is 5.35. The second-order valence-corrected chi connectivity index (χ2v) is 3.31. The molecule has 0 heterocycles. The molecule has 0 spiro atoms. The van der Waals surface area contributed by atoms with E-state index in [0.29, 0.717) is 0 Å². The van der Waals surface area contributed by atoms with Crippen molar-refractivity contribution in [2.45, 2.75) is 51.9 Å². The van der Waals surface area contributed by atoms with Crippen LogP contribution in [0.2, 0.25) is 0 Å². The molecule has 0 aliphatic rings. The minimum absolute atomic E-state index is 0.817. The fourth-order valence-electron chi connectivity index (χ4n) is 1.26. The summed E-state index contributed by atoms with van der Waals surface area (Å²) in [6, 6.07) is 0. The zero-order valence-corrected chi connectivity index (χ0v) is 8.67. The van der Waals surface area contributed by atoms with E-state index in [-0.39, 0.29) is 0 Å². The molecular weight excluding hydrogens is 160 g/mol. The van der Waals surface area contributed by atoms with Gasteiger partial charge in [0.15, 0.2) is 0 Å². The molecule has 0 aliphatic carbocycles. The van der Waals surface area contributed by atoms with E-state index in [9.17, 15) is 5.11 Å². The lowest BCUT2D eigenvalue weighted by atomic mass is 10.1. The standard InChI is InChI=1S/C12H21O/c1-2-3-4-5-6-7-8-9-10-11-12-13/h9-12H,2-8H2,1H3/b10-9+,12-11+. The van der Waals surface area contributed by atoms with Gasteiger partial charge in [-0.25, -0.2) is 0 Å². The Bertz CT molecular complexity index is 136. The normalized spacial score (nSPS) is 11.8. The fraction of sp³-hybridized carbons (Fsp3) is 0.667. The van der Waals surface area contributed by atoms with Crippen molar-refractivity contribution in [3.8, 4) is 0 Å². The van der Waals surface area contributed by atoms with Crippen LogP contribution in [0.3, 0.4) is 0 Å². The Hall–Kier alpha value is -0.720. The molecule has 0 amide bonds. The second-order valence-electron chi connectivity index (χ2n) is 3.31. The van der Waals surface area contributed by atoms with Crippen LogP contribution >= 0.6 is 0 Å². The second kappa shape index (κ2) is 11.3. The van der Waals surface area contributed by atoms with Crippen molar-refractivity contribution in [1.29, 1.82) is 0 Å². The molecule has 75 valence electrons. The average Bonchev–Trinajstić information content (AvgIpc) is 2.16. The van der Waals surface area contributed by atoms with Crippen LogP contribution in [0.5, 0.6) is 0 Å². The molecule has 1 nitrogen and oxygen atoms in total. The molecule has 0 atom stereocenters. The molecule has 0 rings (SSSR count). The van der Waals surface area contributed by atoms with Gasteiger partial charge in [-0.05, 0) is 18.9 Å². The quantitative estimate of drug-likeness (QED) is 0.303. The minimum Gasteiger partial charge on any atom is -0.299 e.